The van der Waals surface area contributed by atoms with Crippen LogP contribution in [0.2, 0.25) is 0 Å². The number of hydrogen-bond acceptors (Lipinski definition) is 3. The molecule has 0 saturated carbocycles. The Kier molecular flexibility index (Phi) is 8.94. The van der Waals surface area contributed by atoms with Crippen molar-refractivity contribution >= 4 is 51.7 Å². The van der Waals surface area contributed by atoms with Gasteiger partial charge in [0.15, 0.2) is 5.96 Å². The third-order valence-corrected chi connectivity index (χ3v) is 5.21. The van der Waals surface area contributed by atoms with Crippen molar-refractivity contribution in [3.63, 3.8) is 0 Å². The summed E-state index contributed by atoms with van der Waals surface area (Å²) in [4.78, 5) is 11.2. The molecule has 0 amide bonds. The second kappa shape index (κ2) is 10.9. The Morgan fingerprint density at radius 2 is 2.04 bits per heavy atom. The molecule has 0 atom stereocenters. The van der Waals surface area contributed by atoms with Crippen LogP contribution in [0.3, 0.4) is 0 Å². The molecule has 1 aromatic carbocycles. The van der Waals surface area contributed by atoms with E-state index < -0.39 is 0 Å². The van der Waals surface area contributed by atoms with Crippen LogP contribution < -0.4 is 15.5 Å². The Morgan fingerprint density at radius 1 is 1.29 bits per heavy atom. The third-order valence-electron chi connectivity index (χ3n) is 4.72. The van der Waals surface area contributed by atoms with Crippen molar-refractivity contribution in [3.05, 3.63) is 57.9 Å². The Bertz CT molecular complexity index is 809. The van der Waals surface area contributed by atoms with Gasteiger partial charge in [-0.05, 0) is 44.0 Å². The van der Waals surface area contributed by atoms with E-state index in [0.717, 1.165) is 41.9 Å². The highest BCUT2D eigenvalue weighted by molar-refractivity contribution is 14.0. The molecule has 1 fully saturated rings. The van der Waals surface area contributed by atoms with Crippen LogP contribution in [0, 0.1) is 12.7 Å². The first-order valence-electron chi connectivity index (χ1n) is 9.15. The molecule has 1 aliphatic heterocycles. The molecule has 1 saturated heterocycles. The van der Waals surface area contributed by atoms with Crippen LogP contribution >= 0.6 is 39.9 Å². The van der Waals surface area contributed by atoms with E-state index in [4.69, 9.17) is 0 Å². The first-order valence-corrected chi connectivity index (χ1v) is 9.94. The number of hydrogen-bond donors (Lipinski definition) is 2. The van der Waals surface area contributed by atoms with E-state index >= 15 is 0 Å². The molecule has 1 aromatic heterocycles. The molecule has 8 heteroatoms. The number of aromatic nitrogens is 1. The van der Waals surface area contributed by atoms with E-state index in [0.29, 0.717) is 24.1 Å². The fourth-order valence-electron chi connectivity index (χ4n) is 3.19. The summed E-state index contributed by atoms with van der Waals surface area (Å²) in [5.41, 5.74) is 1.65. The van der Waals surface area contributed by atoms with E-state index in [1.165, 1.54) is 6.07 Å². The molecule has 5 nitrogen and oxygen atoms in total. The molecule has 152 valence electrons. The van der Waals surface area contributed by atoms with Crippen LogP contribution in [-0.2, 0) is 6.54 Å². The van der Waals surface area contributed by atoms with Crippen molar-refractivity contribution < 1.29 is 4.39 Å². The summed E-state index contributed by atoms with van der Waals surface area (Å²) in [6, 6.07) is 11.6. The lowest BCUT2D eigenvalue weighted by atomic mass is 10.1. The quantitative estimate of drug-likeness (QED) is 0.333. The smallest absolute Gasteiger partial charge is 0.191 e. The number of aryl methyl sites for hydroxylation is 1. The summed E-state index contributed by atoms with van der Waals surface area (Å²) >= 11 is 3.28. The number of anilines is 1. The highest BCUT2D eigenvalue weighted by Crippen LogP contribution is 2.18. The Morgan fingerprint density at radius 3 is 2.68 bits per heavy atom. The molecule has 0 unspecified atom stereocenters. The molecular weight excluding hydrogens is 536 g/mol. The highest BCUT2D eigenvalue weighted by atomic mass is 127. The maximum Gasteiger partial charge on any atom is 0.191 e. The zero-order chi connectivity index (χ0) is 19.2. The van der Waals surface area contributed by atoms with Crippen molar-refractivity contribution in [2.45, 2.75) is 32.4 Å². The van der Waals surface area contributed by atoms with Gasteiger partial charge in [-0.15, -0.1) is 24.0 Å². The Balaban J connectivity index is 0.00000280. The van der Waals surface area contributed by atoms with Crippen molar-refractivity contribution in [3.8, 4) is 0 Å². The lowest BCUT2D eigenvalue weighted by molar-refractivity contribution is 0.459. The topological polar surface area (TPSA) is 52.6 Å². The first-order chi connectivity index (χ1) is 13.0. The molecule has 0 aliphatic carbocycles. The number of piperidine rings is 1. The lowest BCUT2D eigenvalue weighted by Gasteiger charge is -2.34. The number of halogens is 3. The average Bonchev–Trinajstić information content (AvgIpc) is 2.67. The first kappa shape index (κ1) is 22.9. The van der Waals surface area contributed by atoms with E-state index in [1.807, 2.05) is 19.1 Å². The van der Waals surface area contributed by atoms with Crippen LogP contribution in [0.5, 0.6) is 0 Å². The number of aliphatic imine (C=N–C) groups is 1. The predicted molar refractivity (Wildman–Crippen MR) is 127 cm³/mol. The van der Waals surface area contributed by atoms with Gasteiger partial charge < -0.3 is 15.5 Å². The SMILES string of the molecule is CN=C(NCc1ccc(Br)cc1F)NC1CCN(c2cccc(C)n2)CC1.I. The summed E-state index contributed by atoms with van der Waals surface area (Å²) in [7, 11) is 1.74. The molecule has 2 aromatic rings. The minimum Gasteiger partial charge on any atom is -0.356 e. The summed E-state index contributed by atoms with van der Waals surface area (Å²) in [6.45, 7) is 4.31. The van der Waals surface area contributed by atoms with Crippen molar-refractivity contribution in [2.24, 2.45) is 4.99 Å². The number of guanidine groups is 1. The standard InChI is InChI=1S/C20H25BrFN5.HI/c1-14-4-3-5-19(25-14)27-10-8-17(9-11-27)26-20(23-2)24-13-15-6-7-16(21)12-18(15)22;/h3-7,12,17H,8-11,13H2,1-2H3,(H2,23,24,26);1H. The number of nitrogens with zero attached hydrogens (tertiary/aromatic N) is 3. The van der Waals surface area contributed by atoms with Gasteiger partial charge in [-0.2, -0.15) is 0 Å². The van der Waals surface area contributed by atoms with Gasteiger partial charge in [-0.3, -0.25) is 4.99 Å². The van der Waals surface area contributed by atoms with E-state index in [2.05, 4.69) is 53.6 Å². The molecular formula is C20H26BrFIN5. The second-order valence-electron chi connectivity index (χ2n) is 6.70. The third kappa shape index (κ3) is 6.30. The van der Waals surface area contributed by atoms with Crippen LogP contribution in [0.15, 0.2) is 45.9 Å². The molecule has 0 radical (unpaired) electrons. The van der Waals surface area contributed by atoms with E-state index in [-0.39, 0.29) is 29.8 Å². The highest BCUT2D eigenvalue weighted by Gasteiger charge is 2.21. The molecule has 2 heterocycles. The number of benzene rings is 1. The predicted octanol–water partition coefficient (Wildman–Crippen LogP) is 4.24. The number of pyridine rings is 1. The van der Waals surface area contributed by atoms with Gasteiger partial charge >= 0.3 is 0 Å². The summed E-state index contributed by atoms with van der Waals surface area (Å²) in [6.07, 6.45) is 2.01. The molecule has 3 rings (SSSR count). The average molecular weight is 562 g/mol. The molecule has 0 spiro atoms. The van der Waals surface area contributed by atoms with Crippen LogP contribution in [0.1, 0.15) is 24.1 Å². The van der Waals surface area contributed by atoms with Gasteiger partial charge in [0, 0.05) is 48.5 Å². The maximum atomic E-state index is 14.0. The molecule has 28 heavy (non-hydrogen) atoms. The van der Waals surface area contributed by atoms with Gasteiger partial charge in [-0.1, -0.05) is 28.1 Å². The zero-order valence-corrected chi connectivity index (χ0v) is 20.0. The Labute approximate surface area is 191 Å². The number of nitrogens with one attached hydrogen (secondary N) is 2. The Hall–Kier alpha value is -1.42. The van der Waals surface area contributed by atoms with Crippen LogP contribution in [0.25, 0.3) is 0 Å². The molecule has 1 aliphatic rings. The molecule has 2 N–H and O–H groups in total. The summed E-state index contributed by atoms with van der Waals surface area (Å²) in [5, 5.41) is 6.65. The fourth-order valence-corrected chi connectivity index (χ4v) is 3.52. The lowest BCUT2D eigenvalue weighted by Crippen LogP contribution is -2.48. The zero-order valence-electron chi connectivity index (χ0n) is 16.1. The fraction of sp³-hybridized carbons (Fsp3) is 0.400. The normalized spacial score (nSPS) is 15.1. The van der Waals surface area contributed by atoms with E-state index in [9.17, 15) is 4.39 Å². The summed E-state index contributed by atoms with van der Waals surface area (Å²) < 4.78 is 14.7. The van der Waals surface area contributed by atoms with Gasteiger partial charge in [0.1, 0.15) is 11.6 Å². The van der Waals surface area contributed by atoms with Crippen LogP contribution in [0.4, 0.5) is 10.2 Å². The minimum absolute atomic E-state index is 0. The van der Waals surface area contributed by atoms with Crippen molar-refractivity contribution in [1.29, 1.82) is 0 Å². The van der Waals surface area contributed by atoms with Crippen molar-refractivity contribution in [2.75, 3.05) is 25.0 Å². The van der Waals surface area contributed by atoms with Gasteiger partial charge in [0.2, 0.25) is 0 Å². The van der Waals surface area contributed by atoms with Gasteiger partial charge in [0.25, 0.3) is 0 Å². The maximum absolute atomic E-state index is 14.0. The minimum atomic E-state index is -0.230. The van der Waals surface area contributed by atoms with Gasteiger partial charge in [-0.25, -0.2) is 9.37 Å². The van der Waals surface area contributed by atoms with E-state index in [1.54, 1.807) is 13.1 Å². The van der Waals surface area contributed by atoms with Crippen molar-refractivity contribution in [1.82, 2.24) is 15.6 Å². The summed E-state index contributed by atoms with van der Waals surface area (Å²) in [5.74, 6) is 1.51. The number of rotatable bonds is 4. The monoisotopic (exact) mass is 561 g/mol. The molecule has 0 bridgehead atoms. The van der Waals surface area contributed by atoms with Gasteiger partial charge in [0.05, 0.1) is 0 Å². The largest absolute Gasteiger partial charge is 0.356 e. The van der Waals surface area contributed by atoms with Crippen LogP contribution in [-0.4, -0.2) is 37.1 Å². The second-order valence-corrected chi connectivity index (χ2v) is 7.62.